The SMILES string of the molecule is CCOC(=O)C[C@H]1O[C@H](c2cccc(OC)c2OC)c2cc(Cl)ccc2-n2c(CC(C)(C)C)nnc21. The molecule has 0 N–H and O–H groups in total. The Bertz CT molecular complexity index is 1250. The van der Waals surface area contributed by atoms with Gasteiger partial charge in [-0.15, -0.1) is 10.2 Å². The van der Waals surface area contributed by atoms with Crippen molar-refractivity contribution in [1.82, 2.24) is 14.8 Å². The number of benzene rings is 2. The van der Waals surface area contributed by atoms with Gasteiger partial charge in [0.15, 0.2) is 17.3 Å². The van der Waals surface area contributed by atoms with Crippen LogP contribution >= 0.6 is 11.6 Å². The fourth-order valence-electron chi connectivity index (χ4n) is 4.50. The lowest BCUT2D eigenvalue weighted by atomic mass is 9.91. The Morgan fingerprint density at radius 3 is 2.56 bits per heavy atom. The number of aromatic nitrogens is 3. The second kappa shape index (κ2) is 10.5. The van der Waals surface area contributed by atoms with Crippen LogP contribution in [0.15, 0.2) is 36.4 Å². The second-order valence-corrected chi connectivity index (χ2v) is 10.3. The summed E-state index contributed by atoms with van der Waals surface area (Å²) in [5.74, 6) is 2.04. The van der Waals surface area contributed by atoms with Gasteiger partial charge in [-0.25, -0.2) is 0 Å². The van der Waals surface area contributed by atoms with Crippen molar-refractivity contribution in [2.75, 3.05) is 20.8 Å². The Kier molecular flexibility index (Phi) is 7.57. The number of esters is 1. The Labute approximate surface area is 216 Å². The Morgan fingerprint density at radius 1 is 1.11 bits per heavy atom. The van der Waals surface area contributed by atoms with Crippen LogP contribution < -0.4 is 9.47 Å². The molecule has 0 saturated carbocycles. The average Bonchev–Trinajstić information content (AvgIpc) is 3.17. The van der Waals surface area contributed by atoms with Gasteiger partial charge in [0, 0.05) is 22.6 Å². The Morgan fingerprint density at radius 2 is 1.89 bits per heavy atom. The van der Waals surface area contributed by atoms with Gasteiger partial charge < -0.3 is 18.9 Å². The van der Waals surface area contributed by atoms with Crippen molar-refractivity contribution in [3.8, 4) is 17.2 Å². The van der Waals surface area contributed by atoms with E-state index in [4.69, 9.17) is 30.5 Å². The van der Waals surface area contributed by atoms with Crippen LogP contribution in [0.2, 0.25) is 5.02 Å². The number of fused-ring (bicyclic) bond motifs is 3. The molecule has 0 radical (unpaired) electrons. The van der Waals surface area contributed by atoms with Crippen LogP contribution in [-0.4, -0.2) is 41.6 Å². The van der Waals surface area contributed by atoms with Crippen molar-refractivity contribution in [3.05, 3.63) is 64.2 Å². The maximum Gasteiger partial charge on any atom is 0.308 e. The van der Waals surface area contributed by atoms with Gasteiger partial charge in [0.25, 0.3) is 0 Å². The summed E-state index contributed by atoms with van der Waals surface area (Å²) < 4.78 is 25.2. The van der Waals surface area contributed by atoms with Crippen LogP contribution in [0.25, 0.3) is 5.69 Å². The average molecular weight is 514 g/mol. The summed E-state index contributed by atoms with van der Waals surface area (Å²) in [4.78, 5) is 12.6. The molecular weight excluding hydrogens is 482 g/mol. The molecule has 9 heteroatoms. The highest BCUT2D eigenvalue weighted by molar-refractivity contribution is 6.30. The van der Waals surface area contributed by atoms with E-state index in [1.165, 1.54) is 0 Å². The van der Waals surface area contributed by atoms with Gasteiger partial charge in [0.1, 0.15) is 18.0 Å². The first kappa shape index (κ1) is 26.0. The zero-order chi connectivity index (χ0) is 26.0. The van der Waals surface area contributed by atoms with Crippen molar-refractivity contribution in [2.24, 2.45) is 5.41 Å². The van der Waals surface area contributed by atoms with E-state index in [-0.39, 0.29) is 24.4 Å². The molecule has 2 atom stereocenters. The van der Waals surface area contributed by atoms with Crippen LogP contribution in [0, 0.1) is 5.41 Å². The van der Waals surface area contributed by atoms with E-state index in [0.717, 1.165) is 22.6 Å². The lowest BCUT2D eigenvalue weighted by Gasteiger charge is -2.24. The van der Waals surface area contributed by atoms with Crippen LogP contribution in [0.1, 0.15) is 69.1 Å². The van der Waals surface area contributed by atoms with Gasteiger partial charge in [-0.05, 0) is 36.6 Å². The van der Waals surface area contributed by atoms with E-state index < -0.39 is 12.2 Å². The number of nitrogens with zero attached hydrogens (tertiary/aromatic N) is 3. The van der Waals surface area contributed by atoms with E-state index >= 15 is 0 Å². The number of hydrogen-bond acceptors (Lipinski definition) is 7. The van der Waals surface area contributed by atoms with Crippen molar-refractivity contribution in [3.63, 3.8) is 0 Å². The van der Waals surface area contributed by atoms with Gasteiger partial charge in [-0.3, -0.25) is 9.36 Å². The highest BCUT2D eigenvalue weighted by atomic mass is 35.5. The highest BCUT2D eigenvalue weighted by Crippen LogP contribution is 2.46. The second-order valence-electron chi connectivity index (χ2n) is 9.85. The normalized spacial score (nSPS) is 17.1. The van der Waals surface area contributed by atoms with Crippen molar-refractivity contribution >= 4 is 17.6 Å². The molecule has 1 aliphatic rings. The van der Waals surface area contributed by atoms with E-state index in [1.807, 2.05) is 41.0 Å². The summed E-state index contributed by atoms with van der Waals surface area (Å²) in [5, 5.41) is 9.58. The summed E-state index contributed by atoms with van der Waals surface area (Å²) in [6.45, 7) is 8.48. The third-order valence-corrected chi connectivity index (χ3v) is 6.15. The Balaban J connectivity index is 1.97. The maximum atomic E-state index is 12.6. The lowest BCUT2D eigenvalue weighted by molar-refractivity contribution is -0.147. The van der Waals surface area contributed by atoms with Crippen LogP contribution in [0.4, 0.5) is 0 Å². The molecular formula is C27H32ClN3O5. The molecule has 0 aliphatic carbocycles. The third-order valence-electron chi connectivity index (χ3n) is 5.92. The molecule has 1 aromatic heterocycles. The molecule has 2 heterocycles. The smallest absolute Gasteiger partial charge is 0.308 e. The van der Waals surface area contributed by atoms with E-state index in [9.17, 15) is 4.79 Å². The quantitative estimate of drug-likeness (QED) is 0.378. The molecule has 0 saturated heterocycles. The molecule has 0 spiro atoms. The summed E-state index contributed by atoms with van der Waals surface area (Å²) >= 11 is 6.50. The minimum atomic E-state index is -0.725. The van der Waals surface area contributed by atoms with Crippen LogP contribution in [-0.2, 0) is 20.7 Å². The van der Waals surface area contributed by atoms with Gasteiger partial charge in [0.2, 0.25) is 0 Å². The van der Waals surface area contributed by atoms with E-state index in [1.54, 1.807) is 21.1 Å². The van der Waals surface area contributed by atoms with E-state index in [2.05, 4.69) is 31.0 Å². The first-order valence-electron chi connectivity index (χ1n) is 11.9. The number of halogens is 1. The summed E-state index contributed by atoms with van der Waals surface area (Å²) in [5.41, 5.74) is 2.33. The van der Waals surface area contributed by atoms with Crippen molar-refractivity contribution in [2.45, 2.75) is 52.7 Å². The van der Waals surface area contributed by atoms with Gasteiger partial charge in [-0.1, -0.05) is 44.5 Å². The van der Waals surface area contributed by atoms with Gasteiger partial charge in [-0.2, -0.15) is 0 Å². The largest absolute Gasteiger partial charge is 0.493 e. The molecule has 3 aromatic rings. The molecule has 0 bridgehead atoms. The van der Waals surface area contributed by atoms with Crippen LogP contribution in [0.3, 0.4) is 0 Å². The maximum absolute atomic E-state index is 12.6. The molecule has 2 aromatic carbocycles. The monoisotopic (exact) mass is 513 g/mol. The predicted octanol–water partition coefficient (Wildman–Crippen LogP) is 5.64. The fraction of sp³-hybridized carbons (Fsp3) is 0.444. The number of carbonyl (C=O) groups excluding carboxylic acids is 1. The molecule has 0 unspecified atom stereocenters. The first-order valence-corrected chi connectivity index (χ1v) is 12.3. The van der Waals surface area contributed by atoms with Crippen molar-refractivity contribution in [1.29, 1.82) is 0 Å². The minimum absolute atomic E-state index is 0.0218. The lowest BCUT2D eigenvalue weighted by Crippen LogP contribution is -2.18. The number of ether oxygens (including phenoxy) is 4. The fourth-order valence-corrected chi connectivity index (χ4v) is 4.68. The standard InChI is InChI=1S/C27H32ClN3O5/c1-7-35-23(32)14-21-26-30-29-22(15-27(2,3)4)31(26)19-12-11-16(28)13-18(19)24(36-21)17-9-8-10-20(33-5)25(17)34-6/h8-13,21,24H,7,14-15H2,1-6H3/t21-,24-/m1/s1. The molecule has 4 rings (SSSR count). The topological polar surface area (TPSA) is 84.7 Å². The number of para-hydroxylation sites is 1. The highest BCUT2D eigenvalue weighted by Gasteiger charge is 2.37. The molecule has 192 valence electrons. The number of rotatable bonds is 7. The third kappa shape index (κ3) is 5.20. The zero-order valence-electron chi connectivity index (χ0n) is 21.5. The van der Waals surface area contributed by atoms with E-state index in [0.29, 0.717) is 28.8 Å². The van der Waals surface area contributed by atoms with Gasteiger partial charge in [0.05, 0.1) is 32.9 Å². The minimum Gasteiger partial charge on any atom is -0.493 e. The van der Waals surface area contributed by atoms with Crippen molar-refractivity contribution < 1.29 is 23.7 Å². The Hall–Kier alpha value is -3.10. The number of methoxy groups -OCH3 is 2. The summed E-state index contributed by atoms with van der Waals surface area (Å²) in [7, 11) is 3.17. The first-order chi connectivity index (χ1) is 17.2. The molecule has 0 amide bonds. The molecule has 36 heavy (non-hydrogen) atoms. The predicted molar refractivity (Wildman–Crippen MR) is 136 cm³/mol. The summed E-state index contributed by atoms with van der Waals surface area (Å²) in [6.07, 6.45) is -0.711. The molecule has 1 aliphatic heterocycles. The number of hydrogen-bond donors (Lipinski definition) is 0. The summed E-state index contributed by atoms with van der Waals surface area (Å²) in [6, 6.07) is 11.3. The number of carbonyl (C=O) groups is 1. The van der Waals surface area contributed by atoms with Gasteiger partial charge >= 0.3 is 5.97 Å². The molecule has 8 nitrogen and oxygen atoms in total. The molecule has 0 fully saturated rings. The van der Waals surface area contributed by atoms with Crippen LogP contribution in [0.5, 0.6) is 11.5 Å². The zero-order valence-corrected chi connectivity index (χ0v) is 22.3.